The molecule has 1 aliphatic rings. The third kappa shape index (κ3) is 8.11. The lowest BCUT2D eigenvalue weighted by molar-refractivity contribution is -0.148. The second-order valence-corrected chi connectivity index (χ2v) is 11.4. The van der Waals surface area contributed by atoms with E-state index in [1.807, 2.05) is 27.7 Å². The average molecular weight is 603 g/mol. The lowest BCUT2D eigenvalue weighted by atomic mass is 9.95. The van der Waals surface area contributed by atoms with Crippen LogP contribution in [0.1, 0.15) is 43.7 Å². The minimum Gasteiger partial charge on any atom is -0.489 e. The van der Waals surface area contributed by atoms with Gasteiger partial charge in [0.15, 0.2) is 0 Å². The Morgan fingerprint density at radius 2 is 1.89 bits per heavy atom. The number of ether oxygens (including phenoxy) is 3. The standard InChI is InChI=1S/C33H35FN4O6/c1-20(2)29(35)32(41)43-19-33(3,4)14-12-21-6-11-28-27(16-21)38(5)31(40)26(18-42-28)37-30(39)25-17-24(13-15-36-25)44-23-9-7-22(34)8-10-23/h6-11,13,15-17,20,26,29H,18-19,35H2,1-5H3,(H,37,39)/t26?,29-/m0/s1. The van der Waals surface area contributed by atoms with Crippen LogP contribution >= 0.6 is 0 Å². The molecule has 1 aliphatic heterocycles. The second-order valence-electron chi connectivity index (χ2n) is 11.4. The molecule has 1 aromatic heterocycles. The van der Waals surface area contributed by atoms with Crippen molar-refractivity contribution in [1.29, 1.82) is 0 Å². The molecular weight excluding hydrogens is 567 g/mol. The maximum atomic E-state index is 13.4. The van der Waals surface area contributed by atoms with E-state index in [0.717, 1.165) is 0 Å². The first kappa shape index (κ1) is 32.0. The number of carbonyl (C=O) groups is 3. The lowest BCUT2D eigenvalue weighted by Crippen LogP contribution is -2.49. The summed E-state index contributed by atoms with van der Waals surface area (Å²) in [5.41, 5.74) is 6.34. The van der Waals surface area contributed by atoms with Gasteiger partial charge < -0.3 is 30.2 Å². The highest BCUT2D eigenvalue weighted by Crippen LogP contribution is 2.32. The molecule has 230 valence electrons. The molecule has 0 saturated heterocycles. The van der Waals surface area contributed by atoms with Crippen LogP contribution in [0.4, 0.5) is 10.1 Å². The van der Waals surface area contributed by atoms with E-state index in [9.17, 15) is 18.8 Å². The molecule has 2 aromatic carbocycles. The largest absolute Gasteiger partial charge is 0.489 e. The van der Waals surface area contributed by atoms with Crippen LogP contribution in [0, 0.1) is 29.0 Å². The predicted molar refractivity (Wildman–Crippen MR) is 162 cm³/mol. The smallest absolute Gasteiger partial charge is 0.323 e. The summed E-state index contributed by atoms with van der Waals surface area (Å²) in [5, 5.41) is 2.69. The number of halogens is 1. The summed E-state index contributed by atoms with van der Waals surface area (Å²) >= 11 is 0. The van der Waals surface area contributed by atoms with Gasteiger partial charge in [-0.15, -0.1) is 0 Å². The monoisotopic (exact) mass is 602 g/mol. The van der Waals surface area contributed by atoms with Crippen molar-refractivity contribution in [2.45, 2.75) is 39.8 Å². The summed E-state index contributed by atoms with van der Waals surface area (Å²) in [7, 11) is 1.59. The Bertz CT molecular complexity index is 1600. The zero-order chi connectivity index (χ0) is 32.0. The van der Waals surface area contributed by atoms with Gasteiger partial charge in [0.05, 0.1) is 11.1 Å². The third-order valence-corrected chi connectivity index (χ3v) is 6.78. The number of hydrogen-bond acceptors (Lipinski definition) is 8. The first-order chi connectivity index (χ1) is 20.8. The number of carbonyl (C=O) groups excluding carboxylic acids is 3. The maximum absolute atomic E-state index is 13.4. The van der Waals surface area contributed by atoms with Crippen molar-refractivity contribution in [2.24, 2.45) is 17.1 Å². The number of nitrogens with one attached hydrogen (secondary N) is 1. The number of nitrogens with two attached hydrogens (primary N) is 1. The molecule has 1 unspecified atom stereocenters. The van der Waals surface area contributed by atoms with E-state index in [0.29, 0.717) is 28.5 Å². The van der Waals surface area contributed by atoms with E-state index >= 15 is 0 Å². The van der Waals surface area contributed by atoms with Crippen molar-refractivity contribution in [3.8, 4) is 29.1 Å². The Labute approximate surface area is 255 Å². The Kier molecular flexibility index (Phi) is 9.86. The average Bonchev–Trinajstić information content (AvgIpc) is 3.11. The number of amides is 2. The number of fused-ring (bicyclic) bond motifs is 1. The molecule has 0 fully saturated rings. The van der Waals surface area contributed by atoms with Crippen molar-refractivity contribution in [2.75, 3.05) is 25.2 Å². The van der Waals surface area contributed by atoms with Crippen molar-refractivity contribution in [3.63, 3.8) is 0 Å². The van der Waals surface area contributed by atoms with Crippen LogP contribution in [0.5, 0.6) is 17.2 Å². The quantitative estimate of drug-likeness (QED) is 0.291. The molecular formula is C33H35FN4O6. The highest BCUT2D eigenvalue weighted by atomic mass is 19.1. The molecule has 0 bridgehead atoms. The SMILES string of the molecule is CC(C)[C@H](N)C(=O)OCC(C)(C)C#Cc1ccc2c(c1)N(C)C(=O)C(NC(=O)c1cc(Oc3ccc(F)cc3)ccn1)CO2. The zero-order valence-electron chi connectivity index (χ0n) is 25.2. The summed E-state index contributed by atoms with van der Waals surface area (Å²) < 4.78 is 30.1. The minimum absolute atomic E-state index is 0.0267. The van der Waals surface area contributed by atoms with Gasteiger partial charge in [0.25, 0.3) is 11.8 Å². The summed E-state index contributed by atoms with van der Waals surface area (Å²) in [6.07, 6.45) is 1.40. The fourth-order valence-electron chi connectivity index (χ4n) is 4.05. The highest BCUT2D eigenvalue weighted by molar-refractivity contribution is 6.03. The number of benzene rings is 2. The van der Waals surface area contributed by atoms with Crippen molar-refractivity contribution in [3.05, 3.63) is 77.9 Å². The van der Waals surface area contributed by atoms with Crippen LogP contribution in [-0.2, 0) is 14.3 Å². The van der Waals surface area contributed by atoms with Gasteiger partial charge in [-0.25, -0.2) is 4.39 Å². The van der Waals surface area contributed by atoms with Crippen LogP contribution in [0.2, 0.25) is 0 Å². The molecule has 0 radical (unpaired) electrons. The molecule has 0 saturated carbocycles. The first-order valence-corrected chi connectivity index (χ1v) is 14.0. The number of aromatic nitrogens is 1. The summed E-state index contributed by atoms with van der Waals surface area (Å²) in [4.78, 5) is 44.0. The van der Waals surface area contributed by atoms with E-state index in [4.69, 9.17) is 19.9 Å². The normalized spacial score (nSPS) is 15.2. The lowest BCUT2D eigenvalue weighted by Gasteiger charge is -2.21. The van der Waals surface area contributed by atoms with Gasteiger partial charge in [-0.1, -0.05) is 25.7 Å². The predicted octanol–water partition coefficient (Wildman–Crippen LogP) is 4.07. The van der Waals surface area contributed by atoms with Gasteiger partial charge in [-0.3, -0.25) is 19.4 Å². The number of pyridine rings is 1. The number of esters is 1. The number of anilines is 1. The molecule has 0 aliphatic carbocycles. The van der Waals surface area contributed by atoms with Crippen LogP contribution in [0.15, 0.2) is 60.8 Å². The number of likely N-dealkylation sites (N-methyl/N-ethyl adjacent to an activating group) is 1. The van der Waals surface area contributed by atoms with E-state index < -0.39 is 41.1 Å². The van der Waals surface area contributed by atoms with E-state index in [1.165, 1.54) is 41.4 Å². The van der Waals surface area contributed by atoms with E-state index in [-0.39, 0.29) is 24.8 Å². The van der Waals surface area contributed by atoms with Gasteiger partial charge in [-0.2, -0.15) is 0 Å². The van der Waals surface area contributed by atoms with Crippen LogP contribution < -0.4 is 25.4 Å². The molecule has 11 heteroatoms. The number of hydrogen-bond donors (Lipinski definition) is 2. The van der Waals surface area contributed by atoms with Gasteiger partial charge in [0.1, 0.15) is 54.1 Å². The Morgan fingerprint density at radius 3 is 2.59 bits per heavy atom. The highest BCUT2D eigenvalue weighted by Gasteiger charge is 2.31. The van der Waals surface area contributed by atoms with Crippen molar-refractivity contribution in [1.82, 2.24) is 10.3 Å². The van der Waals surface area contributed by atoms with E-state index in [1.54, 1.807) is 31.3 Å². The fraction of sp³-hybridized carbons (Fsp3) is 0.333. The molecule has 3 aromatic rings. The number of nitrogens with zero attached hydrogens (tertiary/aromatic N) is 2. The van der Waals surface area contributed by atoms with Gasteiger partial charge in [0.2, 0.25) is 0 Å². The third-order valence-electron chi connectivity index (χ3n) is 6.78. The molecule has 4 rings (SSSR count). The van der Waals surface area contributed by atoms with Crippen LogP contribution in [-0.4, -0.2) is 55.1 Å². The first-order valence-electron chi connectivity index (χ1n) is 14.0. The van der Waals surface area contributed by atoms with Crippen LogP contribution in [0.25, 0.3) is 0 Å². The zero-order valence-corrected chi connectivity index (χ0v) is 25.2. The molecule has 44 heavy (non-hydrogen) atoms. The molecule has 2 amide bonds. The van der Waals surface area contributed by atoms with Gasteiger partial charge >= 0.3 is 5.97 Å². The van der Waals surface area contributed by atoms with Crippen molar-refractivity contribution < 1.29 is 33.0 Å². The summed E-state index contributed by atoms with van der Waals surface area (Å²) in [5.74, 6) is 5.46. The second kappa shape index (κ2) is 13.6. The fourth-order valence-corrected chi connectivity index (χ4v) is 4.05. The molecule has 3 N–H and O–H groups in total. The summed E-state index contributed by atoms with van der Waals surface area (Å²) in [6.45, 7) is 7.37. The Balaban J connectivity index is 1.42. The Morgan fingerprint density at radius 1 is 1.16 bits per heavy atom. The topological polar surface area (TPSA) is 133 Å². The van der Waals surface area contributed by atoms with Crippen LogP contribution in [0.3, 0.4) is 0 Å². The van der Waals surface area contributed by atoms with Gasteiger partial charge in [-0.05, 0) is 68.3 Å². The van der Waals surface area contributed by atoms with Crippen molar-refractivity contribution >= 4 is 23.5 Å². The molecule has 0 spiro atoms. The molecule has 2 atom stereocenters. The Hall–Kier alpha value is -4.95. The van der Waals surface area contributed by atoms with E-state index in [2.05, 4.69) is 22.1 Å². The maximum Gasteiger partial charge on any atom is 0.323 e. The van der Waals surface area contributed by atoms with Gasteiger partial charge in [0, 0.05) is 24.9 Å². The summed E-state index contributed by atoms with van der Waals surface area (Å²) in [6, 6.07) is 11.9. The number of rotatable bonds is 8. The molecule has 2 heterocycles. The minimum atomic E-state index is -0.997. The molecule has 10 nitrogen and oxygen atoms in total.